The second-order valence-electron chi connectivity index (χ2n) is 4.41. The SMILES string of the molecule is CCN1[N]C(N2CCOCC2)c2ccccc21. The number of anilines is 1. The van der Waals surface area contributed by atoms with Crippen molar-refractivity contribution in [1.29, 1.82) is 0 Å². The zero-order chi connectivity index (χ0) is 11.7. The summed E-state index contributed by atoms with van der Waals surface area (Å²) in [4.78, 5) is 2.40. The fraction of sp³-hybridized carbons (Fsp3) is 0.538. The fourth-order valence-corrected chi connectivity index (χ4v) is 2.54. The van der Waals surface area contributed by atoms with E-state index in [0.717, 1.165) is 32.8 Å². The lowest BCUT2D eigenvalue weighted by Gasteiger charge is -2.31. The van der Waals surface area contributed by atoms with Gasteiger partial charge in [0, 0.05) is 25.2 Å². The van der Waals surface area contributed by atoms with Gasteiger partial charge in [0.1, 0.15) is 6.17 Å². The van der Waals surface area contributed by atoms with Crippen LogP contribution in [0.2, 0.25) is 0 Å². The highest BCUT2D eigenvalue weighted by Gasteiger charge is 2.33. The van der Waals surface area contributed by atoms with E-state index in [4.69, 9.17) is 10.2 Å². The molecule has 1 atom stereocenters. The maximum absolute atomic E-state index is 5.40. The minimum Gasteiger partial charge on any atom is -0.379 e. The standard InChI is InChI=1S/C13H18N3O/c1-2-16-12-6-4-3-5-11(12)13(14-16)15-7-9-17-10-8-15/h3-6,13H,2,7-10H2,1H3. The Kier molecular flexibility index (Phi) is 3.01. The van der Waals surface area contributed by atoms with Crippen LogP contribution in [0, 0.1) is 0 Å². The lowest BCUT2D eigenvalue weighted by molar-refractivity contribution is 0.00934. The predicted octanol–water partition coefficient (Wildman–Crippen LogP) is 1.38. The molecular weight excluding hydrogens is 214 g/mol. The molecule has 1 aromatic rings. The quantitative estimate of drug-likeness (QED) is 0.771. The predicted molar refractivity (Wildman–Crippen MR) is 66.7 cm³/mol. The third kappa shape index (κ3) is 1.92. The molecule has 1 saturated heterocycles. The Balaban J connectivity index is 1.87. The van der Waals surface area contributed by atoms with Gasteiger partial charge in [-0.1, -0.05) is 18.2 Å². The van der Waals surface area contributed by atoms with Crippen LogP contribution in [0.25, 0.3) is 0 Å². The molecule has 0 saturated carbocycles. The van der Waals surface area contributed by atoms with Gasteiger partial charge >= 0.3 is 0 Å². The van der Waals surface area contributed by atoms with Crippen LogP contribution < -0.4 is 10.4 Å². The van der Waals surface area contributed by atoms with Crippen molar-refractivity contribution < 1.29 is 4.74 Å². The Morgan fingerprint density at radius 3 is 2.82 bits per heavy atom. The van der Waals surface area contributed by atoms with Crippen molar-refractivity contribution in [1.82, 2.24) is 10.3 Å². The molecular formula is C13H18N3O. The van der Waals surface area contributed by atoms with E-state index < -0.39 is 0 Å². The van der Waals surface area contributed by atoms with E-state index in [0.29, 0.717) is 0 Å². The number of fused-ring (bicyclic) bond motifs is 1. The van der Waals surface area contributed by atoms with Crippen molar-refractivity contribution in [3.63, 3.8) is 0 Å². The summed E-state index contributed by atoms with van der Waals surface area (Å²) in [6.45, 7) is 6.65. The lowest BCUT2D eigenvalue weighted by Crippen LogP contribution is -2.43. The monoisotopic (exact) mass is 232 g/mol. The maximum atomic E-state index is 5.40. The molecule has 0 aliphatic carbocycles. The van der Waals surface area contributed by atoms with Gasteiger partial charge in [-0.2, -0.15) is 0 Å². The van der Waals surface area contributed by atoms with Crippen molar-refractivity contribution >= 4 is 5.69 Å². The van der Waals surface area contributed by atoms with E-state index in [-0.39, 0.29) is 6.17 Å². The number of para-hydroxylation sites is 1. The first kappa shape index (κ1) is 11.0. The number of hydrogen-bond donors (Lipinski definition) is 0. The molecule has 2 aliphatic rings. The summed E-state index contributed by atoms with van der Waals surface area (Å²) in [6, 6.07) is 8.52. The summed E-state index contributed by atoms with van der Waals surface area (Å²) >= 11 is 0. The van der Waals surface area contributed by atoms with E-state index in [1.54, 1.807) is 0 Å². The third-order valence-corrected chi connectivity index (χ3v) is 3.43. The average Bonchev–Trinajstić information content (AvgIpc) is 2.78. The smallest absolute Gasteiger partial charge is 0.127 e. The molecule has 0 bridgehead atoms. The molecule has 1 unspecified atom stereocenters. The number of rotatable bonds is 2. The molecule has 2 heterocycles. The Labute approximate surface area is 102 Å². The van der Waals surface area contributed by atoms with Crippen LogP contribution in [0.1, 0.15) is 18.7 Å². The van der Waals surface area contributed by atoms with Gasteiger partial charge in [-0.3, -0.25) is 9.91 Å². The van der Waals surface area contributed by atoms with Gasteiger partial charge in [0.05, 0.1) is 18.9 Å². The number of benzene rings is 1. The lowest BCUT2D eigenvalue weighted by atomic mass is 10.1. The third-order valence-electron chi connectivity index (χ3n) is 3.43. The number of morpholine rings is 1. The Bertz CT molecular complexity index is 390. The molecule has 0 aromatic heterocycles. The minimum atomic E-state index is 0.190. The molecule has 0 N–H and O–H groups in total. The van der Waals surface area contributed by atoms with Gasteiger partial charge in [-0.25, -0.2) is 0 Å². The fourth-order valence-electron chi connectivity index (χ4n) is 2.54. The molecule has 1 radical (unpaired) electrons. The minimum absolute atomic E-state index is 0.190. The Morgan fingerprint density at radius 1 is 1.29 bits per heavy atom. The first-order valence-electron chi connectivity index (χ1n) is 6.29. The molecule has 2 aliphatic heterocycles. The molecule has 4 nitrogen and oxygen atoms in total. The van der Waals surface area contributed by atoms with Gasteiger partial charge in [0.15, 0.2) is 0 Å². The Hall–Kier alpha value is -1.10. The molecule has 0 amide bonds. The number of hydrogen-bond acceptors (Lipinski definition) is 3. The summed E-state index contributed by atoms with van der Waals surface area (Å²) in [5.74, 6) is 0. The van der Waals surface area contributed by atoms with Crippen LogP contribution in [0.4, 0.5) is 5.69 Å². The summed E-state index contributed by atoms with van der Waals surface area (Å²) in [7, 11) is 0. The maximum Gasteiger partial charge on any atom is 0.127 e. The molecule has 17 heavy (non-hydrogen) atoms. The summed E-state index contributed by atoms with van der Waals surface area (Å²) in [6.07, 6.45) is 0.190. The van der Waals surface area contributed by atoms with Crippen LogP contribution in [0.5, 0.6) is 0 Å². The van der Waals surface area contributed by atoms with E-state index >= 15 is 0 Å². The second-order valence-corrected chi connectivity index (χ2v) is 4.41. The molecule has 4 heteroatoms. The summed E-state index contributed by atoms with van der Waals surface area (Å²) in [5.41, 5.74) is 7.39. The van der Waals surface area contributed by atoms with Gasteiger partial charge < -0.3 is 4.74 Å². The number of ether oxygens (including phenoxy) is 1. The number of nitrogens with zero attached hydrogens (tertiary/aromatic N) is 3. The summed E-state index contributed by atoms with van der Waals surface area (Å²) in [5, 5.41) is 2.11. The second kappa shape index (κ2) is 4.64. The highest BCUT2D eigenvalue weighted by Crippen LogP contribution is 2.35. The highest BCUT2D eigenvalue weighted by atomic mass is 16.5. The van der Waals surface area contributed by atoms with Crippen molar-refractivity contribution in [2.45, 2.75) is 13.1 Å². The van der Waals surface area contributed by atoms with E-state index in [9.17, 15) is 0 Å². The molecule has 1 fully saturated rings. The van der Waals surface area contributed by atoms with Crippen LogP contribution >= 0.6 is 0 Å². The first-order valence-corrected chi connectivity index (χ1v) is 6.29. The van der Waals surface area contributed by atoms with Crippen LogP contribution in [0.3, 0.4) is 0 Å². The zero-order valence-electron chi connectivity index (χ0n) is 10.2. The van der Waals surface area contributed by atoms with Crippen molar-refractivity contribution in [2.24, 2.45) is 0 Å². The van der Waals surface area contributed by atoms with Crippen LogP contribution in [-0.4, -0.2) is 37.7 Å². The first-order chi connectivity index (χ1) is 8.40. The normalized spacial score (nSPS) is 25.0. The van der Waals surface area contributed by atoms with Gasteiger partial charge in [-0.15, -0.1) is 5.43 Å². The molecule has 3 rings (SSSR count). The van der Waals surface area contributed by atoms with Crippen molar-refractivity contribution in [3.8, 4) is 0 Å². The van der Waals surface area contributed by atoms with Gasteiger partial charge in [0.25, 0.3) is 0 Å². The van der Waals surface area contributed by atoms with Gasteiger partial charge in [-0.05, 0) is 13.0 Å². The van der Waals surface area contributed by atoms with Crippen molar-refractivity contribution in [2.75, 3.05) is 37.9 Å². The zero-order valence-corrected chi connectivity index (χ0v) is 10.2. The van der Waals surface area contributed by atoms with E-state index in [1.165, 1.54) is 11.3 Å². The Morgan fingerprint density at radius 2 is 2.06 bits per heavy atom. The topological polar surface area (TPSA) is 29.8 Å². The van der Waals surface area contributed by atoms with E-state index in [2.05, 4.69) is 41.1 Å². The molecule has 1 aromatic carbocycles. The van der Waals surface area contributed by atoms with Crippen LogP contribution in [-0.2, 0) is 4.74 Å². The molecule has 0 spiro atoms. The van der Waals surface area contributed by atoms with E-state index in [1.807, 2.05) is 0 Å². The average molecular weight is 232 g/mol. The van der Waals surface area contributed by atoms with Crippen molar-refractivity contribution in [3.05, 3.63) is 29.8 Å². The summed E-state index contributed by atoms with van der Waals surface area (Å²) < 4.78 is 5.40. The van der Waals surface area contributed by atoms with Crippen LogP contribution in [0.15, 0.2) is 24.3 Å². The highest BCUT2D eigenvalue weighted by molar-refractivity contribution is 5.57. The molecule has 91 valence electrons. The largest absolute Gasteiger partial charge is 0.379 e. The van der Waals surface area contributed by atoms with Gasteiger partial charge in [0.2, 0.25) is 0 Å².